The summed E-state index contributed by atoms with van der Waals surface area (Å²) in [5.74, 6) is -0.133. The van der Waals surface area contributed by atoms with Crippen molar-refractivity contribution in [2.24, 2.45) is 5.73 Å². The monoisotopic (exact) mass is 336 g/mol. The summed E-state index contributed by atoms with van der Waals surface area (Å²) in [4.78, 5) is 11.9. The Labute approximate surface area is 126 Å². The highest BCUT2D eigenvalue weighted by Gasteiger charge is 2.09. The van der Waals surface area contributed by atoms with E-state index in [0.29, 0.717) is 12.1 Å². The Bertz CT molecular complexity index is 594. The molecule has 1 atom stereocenters. The molecule has 1 unspecified atom stereocenters. The molecule has 2 aromatic rings. The fourth-order valence-electron chi connectivity index (χ4n) is 1.72. The first kappa shape index (κ1) is 14.7. The molecule has 0 aliphatic carbocycles. The van der Waals surface area contributed by atoms with Crippen molar-refractivity contribution in [3.05, 3.63) is 46.7 Å². The van der Waals surface area contributed by atoms with Crippen LogP contribution in [0.25, 0.3) is 5.69 Å². The minimum Gasteiger partial charge on any atom is -0.352 e. The van der Waals surface area contributed by atoms with Gasteiger partial charge in [-0.3, -0.25) is 4.79 Å². The number of hydrogen-bond acceptors (Lipinski definition) is 3. The number of carbonyl (C=O) groups is 1. The Morgan fingerprint density at radius 2 is 2.35 bits per heavy atom. The zero-order valence-corrected chi connectivity index (χ0v) is 12.8. The molecule has 5 nitrogen and oxygen atoms in total. The molecular formula is C14H17BrN4O. The number of rotatable bonds is 5. The van der Waals surface area contributed by atoms with Gasteiger partial charge in [-0.05, 0) is 31.5 Å². The minimum atomic E-state index is -0.133. The van der Waals surface area contributed by atoms with Crippen LogP contribution >= 0.6 is 15.9 Å². The Hall–Kier alpha value is -1.66. The second-order valence-electron chi connectivity index (χ2n) is 4.68. The van der Waals surface area contributed by atoms with Gasteiger partial charge < -0.3 is 11.1 Å². The Balaban J connectivity index is 2.03. The summed E-state index contributed by atoms with van der Waals surface area (Å²) in [6.45, 7) is 2.48. The van der Waals surface area contributed by atoms with Crippen LogP contribution in [0.5, 0.6) is 0 Å². The zero-order valence-electron chi connectivity index (χ0n) is 11.2. The van der Waals surface area contributed by atoms with Gasteiger partial charge in [-0.2, -0.15) is 5.10 Å². The molecule has 0 radical (unpaired) electrons. The SMILES string of the molecule is CC(N)CCNC(=O)c1cnn(-c2cccc(Br)c2)c1. The van der Waals surface area contributed by atoms with Crippen LogP contribution in [0.1, 0.15) is 23.7 Å². The Morgan fingerprint density at radius 1 is 1.55 bits per heavy atom. The summed E-state index contributed by atoms with van der Waals surface area (Å²) in [5, 5.41) is 7.03. The van der Waals surface area contributed by atoms with Crippen molar-refractivity contribution < 1.29 is 4.79 Å². The van der Waals surface area contributed by atoms with E-state index in [2.05, 4.69) is 26.3 Å². The maximum absolute atomic E-state index is 11.9. The lowest BCUT2D eigenvalue weighted by Gasteiger charge is -2.05. The first-order valence-electron chi connectivity index (χ1n) is 6.40. The van der Waals surface area contributed by atoms with Crippen LogP contribution < -0.4 is 11.1 Å². The van der Waals surface area contributed by atoms with Crippen molar-refractivity contribution in [3.63, 3.8) is 0 Å². The van der Waals surface area contributed by atoms with Crippen LogP contribution in [0.2, 0.25) is 0 Å². The number of hydrogen-bond donors (Lipinski definition) is 2. The van der Waals surface area contributed by atoms with Crippen LogP contribution in [-0.4, -0.2) is 28.3 Å². The predicted octanol–water partition coefficient (Wildman–Crippen LogP) is 2.10. The van der Waals surface area contributed by atoms with Crippen LogP contribution in [0.4, 0.5) is 0 Å². The lowest BCUT2D eigenvalue weighted by molar-refractivity contribution is 0.0953. The van der Waals surface area contributed by atoms with Gasteiger partial charge in [-0.1, -0.05) is 22.0 Å². The molecule has 0 bridgehead atoms. The average molecular weight is 337 g/mol. The van der Waals surface area contributed by atoms with Gasteiger partial charge in [-0.15, -0.1) is 0 Å². The van der Waals surface area contributed by atoms with Crippen molar-refractivity contribution in [1.29, 1.82) is 0 Å². The molecule has 3 N–H and O–H groups in total. The van der Waals surface area contributed by atoms with Crippen molar-refractivity contribution in [2.45, 2.75) is 19.4 Å². The summed E-state index contributed by atoms with van der Waals surface area (Å²) in [5.41, 5.74) is 7.07. The fourth-order valence-corrected chi connectivity index (χ4v) is 2.10. The van der Waals surface area contributed by atoms with E-state index < -0.39 is 0 Å². The first-order valence-corrected chi connectivity index (χ1v) is 7.20. The van der Waals surface area contributed by atoms with E-state index in [1.165, 1.54) is 0 Å². The van der Waals surface area contributed by atoms with Crippen molar-refractivity contribution in [3.8, 4) is 5.69 Å². The molecule has 6 heteroatoms. The van der Waals surface area contributed by atoms with E-state index in [1.807, 2.05) is 31.2 Å². The fraction of sp³-hybridized carbons (Fsp3) is 0.286. The van der Waals surface area contributed by atoms with Crippen molar-refractivity contribution in [1.82, 2.24) is 15.1 Å². The summed E-state index contributed by atoms with van der Waals surface area (Å²) in [6, 6.07) is 7.80. The number of amides is 1. The molecule has 0 aliphatic rings. The van der Waals surface area contributed by atoms with Crippen LogP contribution in [0, 0.1) is 0 Å². The minimum absolute atomic E-state index is 0.0830. The predicted molar refractivity (Wildman–Crippen MR) is 81.9 cm³/mol. The summed E-state index contributed by atoms with van der Waals surface area (Å²) in [7, 11) is 0. The van der Waals surface area contributed by atoms with E-state index in [4.69, 9.17) is 5.73 Å². The molecule has 0 spiro atoms. The molecule has 2 rings (SSSR count). The van der Waals surface area contributed by atoms with Gasteiger partial charge in [0.15, 0.2) is 0 Å². The molecule has 1 aromatic heterocycles. The van der Waals surface area contributed by atoms with E-state index >= 15 is 0 Å². The molecule has 1 amide bonds. The Morgan fingerprint density at radius 3 is 3.05 bits per heavy atom. The highest BCUT2D eigenvalue weighted by atomic mass is 79.9. The normalized spacial score (nSPS) is 12.2. The molecule has 1 aromatic carbocycles. The number of nitrogens with two attached hydrogens (primary N) is 1. The lowest BCUT2D eigenvalue weighted by Crippen LogP contribution is -2.28. The van der Waals surface area contributed by atoms with Crippen LogP contribution in [0.15, 0.2) is 41.1 Å². The maximum Gasteiger partial charge on any atom is 0.254 e. The smallest absolute Gasteiger partial charge is 0.254 e. The Kier molecular flexibility index (Phi) is 4.92. The van der Waals surface area contributed by atoms with Gasteiger partial charge in [0.05, 0.1) is 17.4 Å². The molecule has 0 fully saturated rings. The second kappa shape index (κ2) is 6.67. The third-order valence-corrected chi connectivity index (χ3v) is 3.30. The van der Waals surface area contributed by atoms with E-state index in [0.717, 1.165) is 16.6 Å². The van der Waals surface area contributed by atoms with Gasteiger partial charge in [-0.25, -0.2) is 4.68 Å². The van der Waals surface area contributed by atoms with Gasteiger partial charge in [0.1, 0.15) is 0 Å². The lowest BCUT2D eigenvalue weighted by atomic mass is 10.2. The topological polar surface area (TPSA) is 72.9 Å². The van der Waals surface area contributed by atoms with Gasteiger partial charge in [0.2, 0.25) is 0 Å². The highest BCUT2D eigenvalue weighted by Crippen LogP contribution is 2.15. The van der Waals surface area contributed by atoms with E-state index in [1.54, 1.807) is 17.1 Å². The van der Waals surface area contributed by atoms with E-state index in [9.17, 15) is 4.79 Å². The van der Waals surface area contributed by atoms with Gasteiger partial charge in [0, 0.05) is 23.3 Å². The first-order chi connectivity index (χ1) is 9.56. The average Bonchev–Trinajstić information content (AvgIpc) is 2.87. The highest BCUT2D eigenvalue weighted by molar-refractivity contribution is 9.10. The number of nitrogens with zero attached hydrogens (tertiary/aromatic N) is 2. The van der Waals surface area contributed by atoms with Crippen LogP contribution in [0.3, 0.4) is 0 Å². The molecule has 106 valence electrons. The molecule has 20 heavy (non-hydrogen) atoms. The van der Waals surface area contributed by atoms with Crippen LogP contribution in [-0.2, 0) is 0 Å². The quantitative estimate of drug-likeness (QED) is 0.878. The third kappa shape index (κ3) is 3.91. The van der Waals surface area contributed by atoms with Crippen molar-refractivity contribution >= 4 is 21.8 Å². The van der Waals surface area contributed by atoms with Crippen molar-refractivity contribution in [2.75, 3.05) is 6.54 Å². The second-order valence-corrected chi connectivity index (χ2v) is 5.59. The number of benzene rings is 1. The zero-order chi connectivity index (χ0) is 14.5. The summed E-state index contributed by atoms with van der Waals surface area (Å²) in [6.07, 6.45) is 4.02. The number of aromatic nitrogens is 2. The summed E-state index contributed by atoms with van der Waals surface area (Å²) < 4.78 is 2.64. The molecule has 0 aliphatic heterocycles. The number of halogens is 1. The largest absolute Gasteiger partial charge is 0.352 e. The third-order valence-electron chi connectivity index (χ3n) is 2.80. The van der Waals surface area contributed by atoms with E-state index in [-0.39, 0.29) is 11.9 Å². The molecular weight excluding hydrogens is 320 g/mol. The molecule has 1 heterocycles. The maximum atomic E-state index is 11.9. The number of carbonyl (C=O) groups excluding carboxylic acids is 1. The van der Waals surface area contributed by atoms with Gasteiger partial charge >= 0.3 is 0 Å². The number of nitrogens with one attached hydrogen (secondary N) is 1. The standard InChI is InChI=1S/C14H17BrN4O/c1-10(16)5-6-17-14(20)11-8-18-19(9-11)13-4-2-3-12(15)7-13/h2-4,7-10H,5-6,16H2,1H3,(H,17,20). The summed E-state index contributed by atoms with van der Waals surface area (Å²) >= 11 is 3.41. The molecule has 0 saturated heterocycles. The molecule has 0 saturated carbocycles. The van der Waals surface area contributed by atoms with Gasteiger partial charge in [0.25, 0.3) is 5.91 Å².